The first kappa shape index (κ1) is 15.4. The Morgan fingerprint density at radius 3 is 2.61 bits per heavy atom. The first-order valence-corrected chi connectivity index (χ1v) is 6.79. The van der Waals surface area contributed by atoms with Crippen molar-refractivity contribution >= 4 is 37.8 Å². The second kappa shape index (κ2) is 6.51. The molecule has 1 aromatic rings. The molecule has 0 aromatic carbocycles. The molecule has 1 amide bonds. The Kier molecular flexibility index (Phi) is 5.58. The lowest BCUT2D eigenvalue weighted by molar-refractivity contribution is -0.140. The molecule has 0 spiro atoms. The van der Waals surface area contributed by atoms with Gasteiger partial charge in [0.05, 0.1) is 0 Å². The van der Waals surface area contributed by atoms with E-state index in [-0.39, 0.29) is 17.6 Å². The van der Waals surface area contributed by atoms with E-state index in [0.717, 1.165) is 0 Å². The van der Waals surface area contributed by atoms with Gasteiger partial charge in [-0.25, -0.2) is 4.98 Å². The van der Waals surface area contributed by atoms with E-state index in [0.29, 0.717) is 9.37 Å². The second-order valence-electron chi connectivity index (χ2n) is 3.36. The van der Waals surface area contributed by atoms with Crippen LogP contribution in [-0.4, -0.2) is 40.4 Å². The highest BCUT2D eigenvalue weighted by molar-refractivity contribution is 9.10. The molecule has 1 rings (SSSR count). The Labute approximate surface area is 119 Å². The molecule has 0 bridgehead atoms. The molecule has 0 fully saturated rings. The van der Waals surface area contributed by atoms with Crippen LogP contribution in [0.4, 0.5) is 13.2 Å². The summed E-state index contributed by atoms with van der Waals surface area (Å²) in [5.74, 6) is -0.751. The van der Waals surface area contributed by atoms with E-state index in [2.05, 4.69) is 36.8 Å². The average Bonchev–Trinajstić information content (AvgIpc) is 2.26. The van der Waals surface area contributed by atoms with Crippen LogP contribution in [0.3, 0.4) is 0 Å². The minimum atomic E-state index is -4.43. The molecule has 0 saturated carbocycles. The predicted octanol–water partition coefficient (Wildman–Crippen LogP) is 3.24. The molecule has 0 unspecified atom stereocenters. The lowest BCUT2D eigenvalue weighted by atomic mass is 10.3. The van der Waals surface area contributed by atoms with Crippen LogP contribution in [0.5, 0.6) is 0 Å². The largest absolute Gasteiger partial charge is 0.406 e. The number of carbonyl (C=O) groups is 1. The van der Waals surface area contributed by atoms with E-state index in [4.69, 9.17) is 0 Å². The van der Waals surface area contributed by atoms with Gasteiger partial charge in [-0.05, 0) is 28.1 Å². The number of nitrogens with zero attached hydrogens (tertiary/aromatic N) is 2. The smallest absolute Gasteiger partial charge is 0.327 e. The Hall–Kier alpha value is -0.630. The van der Waals surface area contributed by atoms with Gasteiger partial charge in [0.15, 0.2) is 0 Å². The topological polar surface area (TPSA) is 33.2 Å². The summed E-state index contributed by atoms with van der Waals surface area (Å²) in [6.45, 7) is -1.33. The molecule has 0 radical (unpaired) electrons. The summed E-state index contributed by atoms with van der Waals surface area (Å²) in [4.78, 5) is 16.4. The fourth-order valence-corrected chi connectivity index (χ4v) is 2.12. The molecule has 0 aliphatic rings. The van der Waals surface area contributed by atoms with Gasteiger partial charge in [-0.3, -0.25) is 4.79 Å². The van der Waals surface area contributed by atoms with Crippen molar-refractivity contribution in [2.45, 2.75) is 6.18 Å². The molecule has 18 heavy (non-hydrogen) atoms. The van der Waals surface area contributed by atoms with Crippen molar-refractivity contribution in [3.8, 4) is 0 Å². The number of amides is 1. The minimum Gasteiger partial charge on any atom is -0.327 e. The van der Waals surface area contributed by atoms with Gasteiger partial charge < -0.3 is 4.90 Å². The standard InChI is InChI=1S/C10H9Br2F3N2O/c11-3-5-17(6-10(13,14)15)9(18)8-7(12)2-1-4-16-8/h1-2,4H,3,5-6H2. The Morgan fingerprint density at radius 2 is 2.11 bits per heavy atom. The van der Waals surface area contributed by atoms with Crippen LogP contribution in [0, 0.1) is 0 Å². The van der Waals surface area contributed by atoms with Crippen LogP contribution in [0.2, 0.25) is 0 Å². The molecule has 0 saturated heterocycles. The molecular weight excluding hydrogens is 381 g/mol. The molecule has 0 atom stereocenters. The summed E-state index contributed by atoms with van der Waals surface area (Å²) in [6, 6.07) is 3.14. The van der Waals surface area contributed by atoms with Crippen molar-refractivity contribution in [2.75, 3.05) is 18.4 Å². The summed E-state index contributed by atoms with van der Waals surface area (Å²) in [7, 11) is 0. The highest BCUT2D eigenvalue weighted by Crippen LogP contribution is 2.20. The number of hydrogen-bond donors (Lipinski definition) is 0. The van der Waals surface area contributed by atoms with Crippen LogP contribution in [0.15, 0.2) is 22.8 Å². The van der Waals surface area contributed by atoms with Crippen molar-refractivity contribution < 1.29 is 18.0 Å². The van der Waals surface area contributed by atoms with Crippen LogP contribution in [-0.2, 0) is 0 Å². The molecular formula is C10H9Br2F3N2O. The van der Waals surface area contributed by atoms with Crippen molar-refractivity contribution in [1.82, 2.24) is 9.88 Å². The zero-order valence-corrected chi connectivity index (χ0v) is 12.2. The van der Waals surface area contributed by atoms with Crippen LogP contribution in [0.25, 0.3) is 0 Å². The highest BCUT2D eigenvalue weighted by Gasteiger charge is 2.33. The normalized spacial score (nSPS) is 11.4. The molecule has 3 nitrogen and oxygen atoms in total. The van der Waals surface area contributed by atoms with E-state index in [1.807, 2.05) is 0 Å². The van der Waals surface area contributed by atoms with E-state index in [1.54, 1.807) is 12.1 Å². The number of alkyl halides is 4. The zero-order chi connectivity index (χ0) is 13.8. The molecule has 1 heterocycles. The molecule has 1 aromatic heterocycles. The minimum absolute atomic E-state index is 0.0253. The fraction of sp³-hybridized carbons (Fsp3) is 0.400. The third-order valence-electron chi connectivity index (χ3n) is 1.97. The third kappa shape index (κ3) is 4.56. The van der Waals surface area contributed by atoms with Gasteiger partial charge in [0.1, 0.15) is 12.2 Å². The number of aromatic nitrogens is 1. The van der Waals surface area contributed by atoms with Gasteiger partial charge in [0.25, 0.3) is 5.91 Å². The second-order valence-corrected chi connectivity index (χ2v) is 5.01. The van der Waals surface area contributed by atoms with Crippen molar-refractivity contribution in [2.24, 2.45) is 0 Å². The SMILES string of the molecule is O=C(c1ncccc1Br)N(CCBr)CC(F)(F)F. The van der Waals surface area contributed by atoms with E-state index in [1.165, 1.54) is 6.20 Å². The summed E-state index contributed by atoms with van der Waals surface area (Å²) in [5, 5.41) is 0.263. The lowest BCUT2D eigenvalue weighted by Crippen LogP contribution is -2.40. The monoisotopic (exact) mass is 388 g/mol. The molecule has 0 aliphatic heterocycles. The van der Waals surface area contributed by atoms with E-state index in [9.17, 15) is 18.0 Å². The van der Waals surface area contributed by atoms with Crippen LogP contribution in [0.1, 0.15) is 10.5 Å². The zero-order valence-electron chi connectivity index (χ0n) is 9.05. The van der Waals surface area contributed by atoms with Gasteiger partial charge in [-0.15, -0.1) is 0 Å². The summed E-state index contributed by atoms with van der Waals surface area (Å²) >= 11 is 6.12. The molecule has 100 valence electrons. The summed E-state index contributed by atoms with van der Waals surface area (Å²) in [5.41, 5.74) is -0.0253. The first-order valence-electron chi connectivity index (χ1n) is 4.87. The number of hydrogen-bond acceptors (Lipinski definition) is 2. The molecule has 8 heteroatoms. The Balaban J connectivity index is 2.93. The summed E-state index contributed by atoms with van der Waals surface area (Å²) < 4.78 is 37.5. The fourth-order valence-electron chi connectivity index (χ4n) is 1.26. The third-order valence-corrected chi connectivity index (χ3v) is 2.97. The Morgan fingerprint density at radius 1 is 1.44 bits per heavy atom. The number of rotatable bonds is 4. The highest BCUT2D eigenvalue weighted by atomic mass is 79.9. The van der Waals surface area contributed by atoms with Crippen molar-refractivity contribution in [3.63, 3.8) is 0 Å². The van der Waals surface area contributed by atoms with Crippen LogP contribution < -0.4 is 0 Å². The first-order chi connectivity index (χ1) is 8.35. The maximum atomic E-state index is 12.4. The van der Waals surface area contributed by atoms with E-state index >= 15 is 0 Å². The number of halogens is 5. The van der Waals surface area contributed by atoms with Gasteiger partial charge >= 0.3 is 6.18 Å². The van der Waals surface area contributed by atoms with Gasteiger partial charge in [-0.2, -0.15) is 13.2 Å². The van der Waals surface area contributed by atoms with Crippen molar-refractivity contribution in [3.05, 3.63) is 28.5 Å². The number of pyridine rings is 1. The lowest BCUT2D eigenvalue weighted by Gasteiger charge is -2.23. The average molecular weight is 390 g/mol. The summed E-state index contributed by atoms with van der Waals surface area (Å²) in [6.07, 6.45) is -3.07. The van der Waals surface area contributed by atoms with Crippen LogP contribution >= 0.6 is 31.9 Å². The van der Waals surface area contributed by atoms with Gasteiger partial charge in [0.2, 0.25) is 0 Å². The van der Waals surface area contributed by atoms with E-state index < -0.39 is 18.6 Å². The van der Waals surface area contributed by atoms with Gasteiger partial charge in [-0.1, -0.05) is 15.9 Å². The maximum Gasteiger partial charge on any atom is 0.406 e. The molecule has 0 N–H and O–H groups in total. The Bertz CT molecular complexity index is 426. The quantitative estimate of drug-likeness (QED) is 0.740. The van der Waals surface area contributed by atoms with Gasteiger partial charge in [0, 0.05) is 22.5 Å². The molecule has 0 aliphatic carbocycles. The van der Waals surface area contributed by atoms with Crippen molar-refractivity contribution in [1.29, 1.82) is 0 Å². The predicted molar refractivity (Wildman–Crippen MR) is 67.7 cm³/mol. The maximum absolute atomic E-state index is 12.4. The number of carbonyl (C=O) groups excluding carboxylic acids is 1.